The van der Waals surface area contributed by atoms with Crippen molar-refractivity contribution in [2.45, 2.75) is 68.0 Å². The maximum atomic E-state index is 8.64. The number of hydrogen-bond donors (Lipinski definition) is 0. The molecule has 0 saturated carbocycles. The predicted molar refractivity (Wildman–Crippen MR) is 262 cm³/mol. The number of para-hydroxylation sites is 1. The Morgan fingerprint density at radius 2 is 1.25 bits per heavy atom. The van der Waals surface area contributed by atoms with Gasteiger partial charge < -0.3 is 9.40 Å². The molecule has 6 aromatic carbocycles. The number of aryl methyl sites for hydroxylation is 2. The molecule has 4 heteroatoms. The first kappa shape index (κ1) is 33.5. The van der Waals surface area contributed by atoms with E-state index in [0.717, 1.165) is 61.0 Å². The maximum Gasteiger partial charge on any atom is 0.120 e. The topological polar surface area (TPSA) is 38.9 Å². The van der Waals surface area contributed by atoms with Gasteiger partial charge >= 0.3 is 0 Å². The SMILES string of the molecule is [2H]C([2H])([2H])c1cc(C([2H])([2H])C(C)(C)C)ccc1-c1ccc(-c2ccnc(-c3[c-]ccc4c3oc3ccccc34)c2)cc1.[2H]C([2H])([2H])c1cc([CH2-])c(-c2ccc(C([2H])([2H])C(C)(C)C)cn2)cc1-c1ccccc1.[Ir]. The number of nitrogens with zero attached hydrogens (tertiary/aromatic N) is 2. The van der Waals surface area contributed by atoms with Crippen molar-refractivity contribution in [3.05, 3.63) is 199 Å². The molecular weight excluding hydrogens is 945 g/mol. The summed E-state index contributed by atoms with van der Waals surface area (Å²) < 4.78 is 88.7. The molecular formula is C59H56IrN2O-2. The van der Waals surface area contributed by atoms with Crippen molar-refractivity contribution in [2.24, 2.45) is 10.8 Å². The van der Waals surface area contributed by atoms with Crippen molar-refractivity contribution in [3.8, 4) is 55.9 Å². The van der Waals surface area contributed by atoms with E-state index in [4.69, 9.17) is 18.1 Å². The second kappa shape index (κ2) is 18.7. The number of hydrogen-bond acceptors (Lipinski definition) is 3. The van der Waals surface area contributed by atoms with Crippen LogP contribution >= 0.6 is 0 Å². The van der Waals surface area contributed by atoms with E-state index in [9.17, 15) is 0 Å². The van der Waals surface area contributed by atoms with Gasteiger partial charge in [-0.25, -0.2) is 0 Å². The van der Waals surface area contributed by atoms with Crippen LogP contribution in [0.25, 0.3) is 77.8 Å². The minimum Gasteiger partial charge on any atom is -0.501 e. The molecule has 9 aromatic rings. The van der Waals surface area contributed by atoms with Gasteiger partial charge in [0.05, 0.1) is 5.58 Å². The number of benzene rings is 6. The molecule has 0 saturated heterocycles. The van der Waals surface area contributed by atoms with Crippen LogP contribution in [0, 0.1) is 37.5 Å². The van der Waals surface area contributed by atoms with Crippen molar-refractivity contribution >= 4 is 21.9 Å². The van der Waals surface area contributed by atoms with E-state index in [-0.39, 0.29) is 31.2 Å². The van der Waals surface area contributed by atoms with Crippen LogP contribution in [0.15, 0.2) is 162 Å². The summed E-state index contributed by atoms with van der Waals surface area (Å²) in [7, 11) is 0. The molecule has 0 unspecified atom stereocenters. The number of pyridine rings is 2. The summed E-state index contributed by atoms with van der Waals surface area (Å²) in [6.07, 6.45) is 0.0904. The molecule has 0 aliphatic rings. The Hall–Kier alpha value is -6.06. The smallest absolute Gasteiger partial charge is 0.120 e. The molecule has 319 valence electrons. The van der Waals surface area contributed by atoms with Crippen molar-refractivity contribution in [1.82, 2.24) is 9.97 Å². The molecule has 0 bridgehead atoms. The Labute approximate surface area is 402 Å². The fourth-order valence-corrected chi connectivity index (χ4v) is 7.58. The molecule has 0 aliphatic carbocycles. The fourth-order valence-electron chi connectivity index (χ4n) is 7.58. The maximum absolute atomic E-state index is 8.64. The zero-order valence-electron chi connectivity index (χ0n) is 46.4. The summed E-state index contributed by atoms with van der Waals surface area (Å²) in [5, 5.41) is 2.07. The van der Waals surface area contributed by atoms with Crippen molar-refractivity contribution in [3.63, 3.8) is 0 Å². The quantitative estimate of drug-likeness (QED) is 0.149. The zero-order chi connectivity index (χ0) is 52.2. The predicted octanol–water partition coefficient (Wildman–Crippen LogP) is 16.2. The van der Waals surface area contributed by atoms with Crippen LogP contribution in [0.1, 0.15) is 83.1 Å². The minimum absolute atomic E-state index is 0. The Kier molecular flexibility index (Phi) is 9.96. The average Bonchev–Trinajstić information content (AvgIpc) is 3.72. The molecule has 0 spiro atoms. The molecule has 3 aromatic heterocycles. The Morgan fingerprint density at radius 1 is 0.587 bits per heavy atom. The first-order valence-electron chi connectivity index (χ1n) is 25.7. The number of furan rings is 1. The van der Waals surface area contributed by atoms with Gasteiger partial charge in [0.1, 0.15) is 5.58 Å². The van der Waals surface area contributed by atoms with Gasteiger partial charge in [-0.2, -0.15) is 18.6 Å². The third-order valence-electron chi connectivity index (χ3n) is 10.3. The van der Waals surface area contributed by atoms with Gasteiger partial charge in [0.25, 0.3) is 0 Å². The van der Waals surface area contributed by atoms with Gasteiger partial charge in [0.15, 0.2) is 0 Å². The third kappa shape index (κ3) is 10.6. The first-order chi connectivity index (χ1) is 33.7. The molecule has 0 atom stereocenters. The summed E-state index contributed by atoms with van der Waals surface area (Å²) in [6.45, 7) is 10.4. The average molecular weight is 1010 g/mol. The first-order valence-corrected chi connectivity index (χ1v) is 20.7. The molecule has 0 aliphatic heterocycles. The standard InChI is InChI=1S/C35H30NO.C24H26N.Ir/c1-23-20-24(22-35(2,3)4)12-17-28(23)26-15-13-25(14-16-26)27-18-19-36-32(21-27)31-10-7-9-30-29-8-5-6-11-33(29)37-34(30)31;1-17-13-18(2)22(14-21(17)20-9-7-6-8-10-20)23-12-11-19(16-25-23)15-24(3,4)5;/h5-9,11-21H,22H2,1-4H3;6-14,16H,2,15H2,1,3-5H3;/q2*-1;/i1D3,22D2;1D3,15D2;. The van der Waals surface area contributed by atoms with Gasteiger partial charge in [-0.3, -0.25) is 4.98 Å². The molecule has 0 N–H and O–H groups in total. The largest absolute Gasteiger partial charge is 0.501 e. The monoisotopic (exact) mass is 1010 g/mol. The Balaban J connectivity index is 0.000000223. The van der Waals surface area contributed by atoms with Gasteiger partial charge in [-0.15, -0.1) is 29.8 Å². The molecule has 0 fully saturated rings. The van der Waals surface area contributed by atoms with Crippen LogP contribution < -0.4 is 0 Å². The Morgan fingerprint density at radius 3 is 1.97 bits per heavy atom. The van der Waals surface area contributed by atoms with Crippen LogP contribution in [0.5, 0.6) is 0 Å². The van der Waals surface area contributed by atoms with Crippen LogP contribution in [0.3, 0.4) is 0 Å². The van der Waals surface area contributed by atoms with E-state index in [1.165, 1.54) is 6.07 Å². The zero-order valence-corrected chi connectivity index (χ0v) is 38.7. The van der Waals surface area contributed by atoms with E-state index < -0.39 is 37.3 Å². The molecule has 9 rings (SSSR count). The number of fused-ring (bicyclic) bond motifs is 3. The van der Waals surface area contributed by atoms with Crippen LogP contribution in [-0.4, -0.2) is 9.97 Å². The van der Waals surface area contributed by atoms with Crippen LogP contribution in [0.2, 0.25) is 0 Å². The van der Waals surface area contributed by atoms with Crippen molar-refractivity contribution < 1.29 is 38.2 Å². The number of rotatable bonds is 7. The van der Waals surface area contributed by atoms with E-state index in [0.29, 0.717) is 33.5 Å². The van der Waals surface area contributed by atoms with Crippen molar-refractivity contribution in [1.29, 1.82) is 0 Å². The van der Waals surface area contributed by atoms with Crippen molar-refractivity contribution in [2.75, 3.05) is 0 Å². The summed E-state index contributed by atoms with van der Waals surface area (Å²) >= 11 is 0. The normalized spacial score (nSPS) is 14.8. The van der Waals surface area contributed by atoms with Gasteiger partial charge in [-0.1, -0.05) is 168 Å². The summed E-state index contributed by atoms with van der Waals surface area (Å²) in [5.74, 6) is 0. The van der Waals surface area contributed by atoms with Gasteiger partial charge in [-0.05, 0) is 104 Å². The summed E-state index contributed by atoms with van der Waals surface area (Å²) in [5.41, 5.74) is 9.68. The summed E-state index contributed by atoms with van der Waals surface area (Å²) in [6, 6.07) is 48.1. The second-order valence-electron chi connectivity index (χ2n) is 17.6. The van der Waals surface area contributed by atoms with Gasteiger partial charge in [0.2, 0.25) is 0 Å². The Bertz CT molecular complexity index is 3400. The van der Waals surface area contributed by atoms with E-state index in [1.807, 2.05) is 151 Å². The second-order valence-corrected chi connectivity index (χ2v) is 17.6. The van der Waals surface area contributed by atoms with E-state index >= 15 is 0 Å². The van der Waals surface area contributed by atoms with E-state index in [2.05, 4.69) is 23.0 Å². The molecule has 1 radical (unpaired) electrons. The summed E-state index contributed by atoms with van der Waals surface area (Å²) in [4.78, 5) is 9.12. The van der Waals surface area contributed by atoms with Crippen LogP contribution in [0.4, 0.5) is 0 Å². The van der Waals surface area contributed by atoms with Gasteiger partial charge in [0, 0.05) is 57.3 Å². The molecule has 3 nitrogen and oxygen atoms in total. The molecule has 3 heterocycles. The molecule has 63 heavy (non-hydrogen) atoms. The van der Waals surface area contributed by atoms with Crippen LogP contribution in [-0.2, 0) is 32.9 Å². The molecule has 0 amide bonds. The minimum atomic E-state index is -2.40. The fraction of sp³-hybridized carbons (Fsp3) is 0.203. The van der Waals surface area contributed by atoms with E-state index in [1.54, 1.807) is 42.7 Å². The number of aromatic nitrogens is 2. The third-order valence-corrected chi connectivity index (χ3v) is 10.3.